The van der Waals surface area contributed by atoms with E-state index in [0.717, 1.165) is 31.8 Å². The number of aromatic nitrogens is 4. The number of fused-ring (bicyclic) bond motifs is 1. The molecule has 1 aliphatic rings. The summed E-state index contributed by atoms with van der Waals surface area (Å²) in [5, 5.41) is 6.59. The number of alkyl halides is 3. The summed E-state index contributed by atoms with van der Waals surface area (Å²) in [5.41, 5.74) is 1.61. The van der Waals surface area contributed by atoms with Crippen LogP contribution in [0.5, 0.6) is 17.2 Å². The Kier molecular flexibility index (Phi) is 8.83. The number of anilines is 3. The number of halogens is 3. The first-order valence-corrected chi connectivity index (χ1v) is 13.3. The van der Waals surface area contributed by atoms with E-state index in [1.165, 1.54) is 33.5 Å². The van der Waals surface area contributed by atoms with Gasteiger partial charge in [0.25, 0.3) is 0 Å². The van der Waals surface area contributed by atoms with Crippen LogP contribution in [0.3, 0.4) is 0 Å². The Hall–Kier alpha value is -4.30. The third-order valence-corrected chi connectivity index (χ3v) is 6.84. The van der Waals surface area contributed by atoms with E-state index in [0.29, 0.717) is 65.2 Å². The maximum absolute atomic E-state index is 13.1. The summed E-state index contributed by atoms with van der Waals surface area (Å²) < 4.78 is 62.7. The Balaban J connectivity index is 1.46. The molecule has 0 amide bonds. The molecule has 14 heteroatoms. The topological polar surface area (TPSA) is 108 Å². The van der Waals surface area contributed by atoms with Gasteiger partial charge in [0.05, 0.1) is 53.0 Å². The van der Waals surface area contributed by atoms with E-state index < -0.39 is 11.7 Å². The van der Waals surface area contributed by atoms with Crippen LogP contribution in [-0.4, -0.2) is 85.1 Å². The van der Waals surface area contributed by atoms with Gasteiger partial charge in [-0.15, -0.1) is 0 Å². The molecule has 0 spiro atoms. The van der Waals surface area contributed by atoms with Gasteiger partial charge in [0.15, 0.2) is 28.5 Å². The summed E-state index contributed by atoms with van der Waals surface area (Å²) in [5.74, 6) is 2.16. The molecule has 1 fully saturated rings. The fraction of sp³-hybridized carbons (Fsp3) is 0.393. The van der Waals surface area contributed by atoms with Gasteiger partial charge < -0.3 is 34.1 Å². The Morgan fingerprint density at radius 2 is 1.64 bits per heavy atom. The van der Waals surface area contributed by atoms with E-state index in [1.54, 1.807) is 23.0 Å². The van der Waals surface area contributed by atoms with Gasteiger partial charge in [-0.2, -0.15) is 23.1 Å². The molecule has 224 valence electrons. The first-order valence-electron chi connectivity index (χ1n) is 13.3. The highest BCUT2D eigenvalue weighted by Crippen LogP contribution is 2.40. The van der Waals surface area contributed by atoms with Gasteiger partial charge >= 0.3 is 6.18 Å². The fourth-order valence-corrected chi connectivity index (χ4v) is 4.67. The maximum atomic E-state index is 13.1. The Bertz CT molecular complexity index is 1480. The monoisotopic (exact) mass is 587 g/mol. The number of imidazole rings is 1. The lowest BCUT2D eigenvalue weighted by Gasteiger charge is -2.26. The second-order valence-corrected chi connectivity index (χ2v) is 9.55. The van der Waals surface area contributed by atoms with Crippen molar-refractivity contribution in [1.82, 2.24) is 24.4 Å². The number of nitrogens with zero attached hydrogens (tertiary/aromatic N) is 5. The number of hydrogen-bond donors (Lipinski definition) is 2. The number of hydrogen-bond acceptors (Lipinski definition) is 10. The molecule has 3 heterocycles. The maximum Gasteiger partial charge on any atom is 0.416 e. The number of morpholine rings is 1. The summed E-state index contributed by atoms with van der Waals surface area (Å²) in [6.07, 6.45) is -2.80. The minimum Gasteiger partial charge on any atom is -0.493 e. The molecule has 1 aliphatic heterocycles. The predicted molar refractivity (Wildman–Crippen MR) is 151 cm³/mol. The van der Waals surface area contributed by atoms with E-state index in [1.807, 2.05) is 0 Å². The first kappa shape index (κ1) is 29.2. The van der Waals surface area contributed by atoms with Crippen molar-refractivity contribution in [3.63, 3.8) is 0 Å². The number of methoxy groups -OCH3 is 3. The van der Waals surface area contributed by atoms with Crippen molar-refractivity contribution in [2.24, 2.45) is 0 Å². The predicted octanol–water partition coefficient (Wildman–Crippen LogP) is 4.41. The zero-order valence-electron chi connectivity index (χ0n) is 23.5. The normalized spacial score (nSPS) is 14.1. The highest BCUT2D eigenvalue weighted by Gasteiger charge is 2.30. The average molecular weight is 588 g/mol. The highest BCUT2D eigenvalue weighted by atomic mass is 19.4. The SMILES string of the molecule is COc1cc(Nc2nc(NCCN3CCOCC3)c3ncn(Cc4ccc(C(F)(F)F)cc4)c3n2)cc(OC)c1OC. The third-order valence-electron chi connectivity index (χ3n) is 6.84. The molecular formula is C28H32F3N7O4. The molecule has 11 nitrogen and oxygen atoms in total. The van der Waals surface area contributed by atoms with Crippen LogP contribution >= 0.6 is 0 Å². The van der Waals surface area contributed by atoms with Gasteiger partial charge in [0.1, 0.15) is 0 Å². The number of rotatable bonds is 11. The van der Waals surface area contributed by atoms with Gasteiger partial charge in [0, 0.05) is 44.0 Å². The molecule has 2 aromatic carbocycles. The lowest BCUT2D eigenvalue weighted by atomic mass is 10.1. The van der Waals surface area contributed by atoms with E-state index in [9.17, 15) is 13.2 Å². The molecule has 2 N–H and O–H groups in total. The Morgan fingerprint density at radius 1 is 0.952 bits per heavy atom. The van der Waals surface area contributed by atoms with Crippen LogP contribution in [-0.2, 0) is 17.5 Å². The molecule has 0 saturated carbocycles. The van der Waals surface area contributed by atoms with Gasteiger partial charge in [-0.05, 0) is 17.7 Å². The lowest BCUT2D eigenvalue weighted by Crippen LogP contribution is -2.39. The van der Waals surface area contributed by atoms with Crippen molar-refractivity contribution in [2.75, 3.05) is 71.4 Å². The van der Waals surface area contributed by atoms with Crippen molar-refractivity contribution in [1.29, 1.82) is 0 Å². The summed E-state index contributed by atoms with van der Waals surface area (Å²) in [6.45, 7) is 4.79. The van der Waals surface area contributed by atoms with Crippen LogP contribution in [0.25, 0.3) is 11.2 Å². The van der Waals surface area contributed by atoms with Gasteiger partial charge in [0.2, 0.25) is 11.7 Å². The van der Waals surface area contributed by atoms with E-state index in [4.69, 9.17) is 28.9 Å². The second-order valence-electron chi connectivity index (χ2n) is 9.55. The lowest BCUT2D eigenvalue weighted by molar-refractivity contribution is -0.137. The Morgan fingerprint density at radius 3 is 2.26 bits per heavy atom. The van der Waals surface area contributed by atoms with E-state index in [2.05, 4.69) is 20.5 Å². The largest absolute Gasteiger partial charge is 0.493 e. The van der Waals surface area contributed by atoms with Crippen molar-refractivity contribution in [3.05, 3.63) is 53.9 Å². The zero-order valence-corrected chi connectivity index (χ0v) is 23.5. The average Bonchev–Trinajstić information content (AvgIpc) is 3.39. The molecule has 4 aromatic rings. The first-order chi connectivity index (χ1) is 20.3. The number of ether oxygens (including phenoxy) is 4. The van der Waals surface area contributed by atoms with Gasteiger partial charge in [-0.1, -0.05) is 12.1 Å². The molecule has 0 atom stereocenters. The highest BCUT2D eigenvalue weighted by molar-refractivity contribution is 5.85. The standard InChI is InChI=1S/C28H32F3N7O4/c1-39-21-14-20(15-22(40-2)24(21)41-3)34-27-35-25(32-8-9-37-10-12-42-13-11-37)23-26(36-27)38(17-33-23)16-18-4-6-19(7-5-18)28(29,30)31/h4-7,14-15,17H,8-13,16H2,1-3H3,(H2,32,34,35,36). The zero-order chi connectivity index (χ0) is 29.7. The molecule has 1 saturated heterocycles. The second kappa shape index (κ2) is 12.7. The molecule has 0 unspecified atom stereocenters. The summed E-state index contributed by atoms with van der Waals surface area (Å²) in [6, 6.07) is 8.51. The van der Waals surface area contributed by atoms with Crippen LogP contribution in [0.15, 0.2) is 42.7 Å². The third kappa shape index (κ3) is 6.60. The quantitative estimate of drug-likeness (QED) is 0.262. The number of nitrogens with one attached hydrogen (secondary N) is 2. The molecule has 2 aromatic heterocycles. The minimum atomic E-state index is -4.40. The smallest absolute Gasteiger partial charge is 0.416 e. The van der Waals surface area contributed by atoms with Gasteiger partial charge in [-0.25, -0.2) is 4.98 Å². The molecular weight excluding hydrogens is 555 g/mol. The summed E-state index contributed by atoms with van der Waals surface area (Å²) in [4.78, 5) is 16.3. The molecule has 0 bridgehead atoms. The van der Waals surface area contributed by atoms with E-state index in [-0.39, 0.29) is 12.5 Å². The van der Waals surface area contributed by atoms with E-state index >= 15 is 0 Å². The fourth-order valence-electron chi connectivity index (χ4n) is 4.67. The summed E-state index contributed by atoms with van der Waals surface area (Å²) in [7, 11) is 4.58. The van der Waals surface area contributed by atoms with Crippen LogP contribution < -0.4 is 24.8 Å². The molecule has 5 rings (SSSR count). The van der Waals surface area contributed by atoms with Crippen molar-refractivity contribution < 1.29 is 32.1 Å². The minimum absolute atomic E-state index is 0.266. The number of benzene rings is 2. The van der Waals surface area contributed by atoms with Crippen molar-refractivity contribution in [2.45, 2.75) is 12.7 Å². The van der Waals surface area contributed by atoms with Crippen LogP contribution in [0, 0.1) is 0 Å². The van der Waals surface area contributed by atoms with Crippen LogP contribution in [0.1, 0.15) is 11.1 Å². The van der Waals surface area contributed by atoms with Crippen molar-refractivity contribution in [3.8, 4) is 17.2 Å². The molecule has 42 heavy (non-hydrogen) atoms. The van der Waals surface area contributed by atoms with Crippen LogP contribution in [0.4, 0.5) is 30.6 Å². The van der Waals surface area contributed by atoms with Crippen LogP contribution in [0.2, 0.25) is 0 Å². The van der Waals surface area contributed by atoms with Gasteiger partial charge in [-0.3, -0.25) is 4.90 Å². The van der Waals surface area contributed by atoms with Crippen molar-refractivity contribution >= 4 is 28.6 Å². The molecule has 0 radical (unpaired) electrons. The summed E-state index contributed by atoms with van der Waals surface area (Å²) >= 11 is 0. The Labute approximate surface area is 240 Å². The molecule has 0 aliphatic carbocycles.